The van der Waals surface area contributed by atoms with Gasteiger partial charge < -0.3 is 5.32 Å². The number of hydrogen-bond acceptors (Lipinski definition) is 4. The van der Waals surface area contributed by atoms with Gasteiger partial charge in [0.25, 0.3) is 0 Å². The highest BCUT2D eigenvalue weighted by Crippen LogP contribution is 2.15. The van der Waals surface area contributed by atoms with Crippen molar-refractivity contribution in [3.05, 3.63) is 40.7 Å². The second kappa shape index (κ2) is 4.61. The molecule has 1 aromatic carbocycles. The minimum atomic E-state index is 0.808. The van der Waals surface area contributed by atoms with Gasteiger partial charge in [-0.05, 0) is 31.9 Å². The second-order valence-electron chi connectivity index (χ2n) is 3.93. The molecule has 0 radical (unpaired) electrons. The molecule has 4 heteroatoms. The van der Waals surface area contributed by atoms with Crippen molar-refractivity contribution in [2.45, 2.75) is 27.3 Å². The molecular weight excluding hydrogens is 218 g/mol. The van der Waals surface area contributed by atoms with Crippen LogP contribution in [0.4, 0.5) is 5.13 Å². The van der Waals surface area contributed by atoms with Crippen molar-refractivity contribution >= 4 is 16.7 Å². The van der Waals surface area contributed by atoms with E-state index in [-0.39, 0.29) is 0 Å². The molecule has 3 nitrogen and oxygen atoms in total. The number of hydrogen-bond donors (Lipinski definition) is 1. The van der Waals surface area contributed by atoms with Crippen molar-refractivity contribution < 1.29 is 0 Å². The highest BCUT2D eigenvalue weighted by molar-refractivity contribution is 7.09. The van der Waals surface area contributed by atoms with Crippen molar-refractivity contribution in [3.8, 4) is 0 Å². The van der Waals surface area contributed by atoms with Crippen LogP contribution in [0.15, 0.2) is 18.2 Å². The van der Waals surface area contributed by atoms with Crippen molar-refractivity contribution in [1.29, 1.82) is 0 Å². The fraction of sp³-hybridized carbons (Fsp3) is 0.333. The van der Waals surface area contributed by atoms with Crippen molar-refractivity contribution in [2.75, 3.05) is 5.32 Å². The van der Waals surface area contributed by atoms with Crippen LogP contribution in [0, 0.1) is 20.8 Å². The molecule has 16 heavy (non-hydrogen) atoms. The smallest absolute Gasteiger partial charge is 0.202 e. The minimum absolute atomic E-state index is 0.808. The quantitative estimate of drug-likeness (QED) is 0.885. The van der Waals surface area contributed by atoms with E-state index in [9.17, 15) is 0 Å². The van der Waals surface area contributed by atoms with Crippen molar-refractivity contribution in [2.24, 2.45) is 0 Å². The lowest BCUT2D eigenvalue weighted by Crippen LogP contribution is -2.01. The van der Waals surface area contributed by atoms with E-state index in [0.29, 0.717) is 0 Å². The largest absolute Gasteiger partial charge is 0.356 e. The van der Waals surface area contributed by atoms with Crippen LogP contribution in [-0.4, -0.2) is 9.36 Å². The summed E-state index contributed by atoms with van der Waals surface area (Å²) in [6.07, 6.45) is 0. The summed E-state index contributed by atoms with van der Waals surface area (Å²) in [4.78, 5) is 4.27. The molecule has 1 aromatic heterocycles. The van der Waals surface area contributed by atoms with Crippen molar-refractivity contribution in [1.82, 2.24) is 9.36 Å². The molecule has 0 aliphatic rings. The molecule has 0 saturated carbocycles. The predicted molar refractivity (Wildman–Crippen MR) is 67.9 cm³/mol. The van der Waals surface area contributed by atoms with Crippen LogP contribution < -0.4 is 5.32 Å². The molecule has 0 bridgehead atoms. The number of nitrogens with zero attached hydrogens (tertiary/aromatic N) is 2. The summed E-state index contributed by atoms with van der Waals surface area (Å²) in [5, 5.41) is 4.18. The molecule has 1 N–H and O–H groups in total. The normalized spacial score (nSPS) is 10.4. The first-order chi connectivity index (χ1) is 7.65. The Morgan fingerprint density at radius 2 is 2.06 bits per heavy atom. The Kier molecular flexibility index (Phi) is 3.19. The maximum absolute atomic E-state index is 4.27. The highest BCUT2D eigenvalue weighted by Gasteiger charge is 2.02. The number of aryl methyl sites for hydroxylation is 3. The summed E-state index contributed by atoms with van der Waals surface area (Å²) in [7, 11) is 0. The summed E-state index contributed by atoms with van der Waals surface area (Å²) < 4.78 is 4.14. The second-order valence-corrected chi connectivity index (χ2v) is 4.68. The molecular formula is C12H15N3S. The first kappa shape index (κ1) is 11.1. The topological polar surface area (TPSA) is 37.8 Å². The van der Waals surface area contributed by atoms with Gasteiger partial charge in [0, 0.05) is 18.1 Å². The van der Waals surface area contributed by atoms with E-state index >= 15 is 0 Å². The number of aromatic nitrogens is 2. The van der Waals surface area contributed by atoms with Gasteiger partial charge in [0.15, 0.2) is 0 Å². The van der Waals surface area contributed by atoms with Crippen LogP contribution in [-0.2, 0) is 6.54 Å². The van der Waals surface area contributed by atoms with Gasteiger partial charge in [0.05, 0.1) is 0 Å². The Hall–Kier alpha value is -1.42. The van der Waals surface area contributed by atoms with E-state index in [2.05, 4.69) is 46.7 Å². The van der Waals surface area contributed by atoms with E-state index < -0.39 is 0 Å². The van der Waals surface area contributed by atoms with Crippen LogP contribution in [0.3, 0.4) is 0 Å². The third kappa shape index (κ3) is 2.58. The van der Waals surface area contributed by atoms with E-state index in [0.717, 1.165) is 17.5 Å². The first-order valence-electron chi connectivity index (χ1n) is 5.25. The third-order valence-corrected chi connectivity index (χ3v) is 3.23. The summed E-state index contributed by atoms with van der Waals surface area (Å²) in [5.41, 5.74) is 3.91. The summed E-state index contributed by atoms with van der Waals surface area (Å²) in [6, 6.07) is 6.49. The van der Waals surface area contributed by atoms with Gasteiger partial charge in [0.1, 0.15) is 5.82 Å². The Morgan fingerprint density at radius 3 is 2.75 bits per heavy atom. The molecule has 84 valence electrons. The summed E-state index contributed by atoms with van der Waals surface area (Å²) in [5.74, 6) is 0.827. The zero-order valence-electron chi connectivity index (χ0n) is 9.74. The zero-order valence-corrected chi connectivity index (χ0v) is 10.6. The molecule has 0 unspecified atom stereocenters. The number of anilines is 1. The molecule has 0 saturated heterocycles. The zero-order chi connectivity index (χ0) is 11.5. The summed E-state index contributed by atoms with van der Waals surface area (Å²) in [6.45, 7) is 6.95. The van der Waals surface area contributed by atoms with Gasteiger partial charge in [-0.15, -0.1) is 0 Å². The lowest BCUT2D eigenvalue weighted by molar-refractivity contribution is 1.08. The lowest BCUT2D eigenvalue weighted by Gasteiger charge is -2.07. The Balaban J connectivity index is 2.07. The number of nitrogens with one attached hydrogen (secondary N) is 1. The lowest BCUT2D eigenvalue weighted by atomic mass is 10.1. The Labute approximate surface area is 99.7 Å². The average Bonchev–Trinajstić information content (AvgIpc) is 2.66. The fourth-order valence-electron chi connectivity index (χ4n) is 1.53. The average molecular weight is 233 g/mol. The SMILES string of the molecule is Cc1ccc(C)c(CNc2nc(C)ns2)c1. The van der Waals surface area contributed by atoms with Crippen molar-refractivity contribution in [3.63, 3.8) is 0 Å². The monoisotopic (exact) mass is 233 g/mol. The van der Waals surface area contributed by atoms with Crippen LogP contribution in [0.25, 0.3) is 0 Å². The highest BCUT2D eigenvalue weighted by atomic mass is 32.1. The molecule has 0 fully saturated rings. The summed E-state index contributed by atoms with van der Waals surface area (Å²) >= 11 is 1.41. The van der Waals surface area contributed by atoms with Gasteiger partial charge in [-0.25, -0.2) is 4.98 Å². The molecule has 0 aliphatic heterocycles. The predicted octanol–water partition coefficient (Wildman–Crippen LogP) is 3.08. The molecule has 1 heterocycles. The van der Waals surface area contributed by atoms with Crippen LogP contribution in [0.1, 0.15) is 22.5 Å². The minimum Gasteiger partial charge on any atom is -0.356 e. The molecule has 2 rings (SSSR count). The van der Waals surface area contributed by atoms with E-state index in [1.807, 2.05) is 6.92 Å². The van der Waals surface area contributed by atoms with Gasteiger partial charge in [-0.3, -0.25) is 0 Å². The number of rotatable bonds is 3. The Morgan fingerprint density at radius 1 is 1.25 bits per heavy atom. The van der Waals surface area contributed by atoms with Crippen LogP contribution >= 0.6 is 11.5 Å². The Bertz CT molecular complexity index is 491. The van der Waals surface area contributed by atoms with E-state index in [4.69, 9.17) is 0 Å². The van der Waals surface area contributed by atoms with Gasteiger partial charge >= 0.3 is 0 Å². The maximum atomic E-state index is 4.27. The van der Waals surface area contributed by atoms with Crippen LogP contribution in [0.5, 0.6) is 0 Å². The van der Waals surface area contributed by atoms with E-state index in [1.54, 1.807) is 0 Å². The van der Waals surface area contributed by atoms with Gasteiger partial charge in [-0.1, -0.05) is 23.8 Å². The standard InChI is InChI=1S/C12H15N3S/c1-8-4-5-9(2)11(6-8)7-13-12-14-10(3)15-16-12/h4-6H,7H2,1-3H3,(H,13,14,15). The molecule has 2 aromatic rings. The van der Waals surface area contributed by atoms with Crippen LogP contribution in [0.2, 0.25) is 0 Å². The van der Waals surface area contributed by atoms with Gasteiger partial charge in [-0.2, -0.15) is 4.37 Å². The molecule has 0 aliphatic carbocycles. The number of benzene rings is 1. The molecule has 0 spiro atoms. The molecule has 0 amide bonds. The van der Waals surface area contributed by atoms with Gasteiger partial charge in [0.2, 0.25) is 5.13 Å². The van der Waals surface area contributed by atoms with E-state index in [1.165, 1.54) is 28.2 Å². The fourth-order valence-corrected chi connectivity index (χ4v) is 2.10. The third-order valence-electron chi connectivity index (χ3n) is 2.46. The maximum Gasteiger partial charge on any atom is 0.202 e. The molecule has 0 atom stereocenters. The first-order valence-corrected chi connectivity index (χ1v) is 6.03.